The van der Waals surface area contributed by atoms with Gasteiger partial charge in [0.15, 0.2) is 6.19 Å². The molecule has 0 amide bonds. The summed E-state index contributed by atoms with van der Waals surface area (Å²) in [5.41, 5.74) is 5.77. The van der Waals surface area contributed by atoms with E-state index >= 15 is 0 Å². The summed E-state index contributed by atoms with van der Waals surface area (Å²) >= 11 is 12.1. The lowest BCUT2D eigenvalue weighted by Crippen LogP contribution is -2.36. The third kappa shape index (κ3) is 3.52. The molecule has 0 aliphatic rings. The molecule has 0 fully saturated rings. The largest absolute Gasteiger partial charge is 0.369 e. The predicted molar refractivity (Wildman–Crippen MR) is 75.9 cm³/mol. The van der Waals surface area contributed by atoms with Crippen LogP contribution >= 0.6 is 23.2 Å². The van der Waals surface area contributed by atoms with Crippen LogP contribution in [0.15, 0.2) is 23.2 Å². The van der Waals surface area contributed by atoms with Crippen molar-refractivity contribution in [3.63, 3.8) is 0 Å². The molecule has 0 unspecified atom stereocenters. The standard InChI is InChI=1S/C12H14Cl2N4/c1-12(2,3)17-11(16)18(7-15)10-8(13)5-4-6-9(10)14/h4-6H,1-3H3,(H2,16,17). The van der Waals surface area contributed by atoms with Crippen LogP contribution in [0.5, 0.6) is 0 Å². The number of nitrogens with two attached hydrogens (primary N) is 1. The number of aliphatic imine (C=N–C) groups is 1. The Morgan fingerprint density at radius 2 is 1.83 bits per heavy atom. The molecule has 1 rings (SSSR count). The van der Waals surface area contributed by atoms with Gasteiger partial charge in [-0.2, -0.15) is 5.26 Å². The molecule has 0 saturated heterocycles. The fourth-order valence-corrected chi connectivity index (χ4v) is 1.88. The number of hydrogen-bond acceptors (Lipinski definition) is 2. The molecule has 0 atom stereocenters. The topological polar surface area (TPSA) is 65.4 Å². The van der Waals surface area contributed by atoms with Crippen LogP contribution in [-0.4, -0.2) is 11.5 Å². The van der Waals surface area contributed by atoms with Gasteiger partial charge in [0.2, 0.25) is 5.96 Å². The Morgan fingerprint density at radius 3 is 2.22 bits per heavy atom. The summed E-state index contributed by atoms with van der Waals surface area (Å²) in [4.78, 5) is 5.34. The van der Waals surface area contributed by atoms with Gasteiger partial charge in [0.05, 0.1) is 21.3 Å². The SMILES string of the molecule is CC(C)(C)N=C(N)N(C#N)c1c(Cl)cccc1Cl. The summed E-state index contributed by atoms with van der Waals surface area (Å²) in [6.45, 7) is 5.64. The summed E-state index contributed by atoms with van der Waals surface area (Å²) in [5, 5.41) is 9.88. The quantitative estimate of drug-likeness (QED) is 0.372. The molecular weight excluding hydrogens is 271 g/mol. The summed E-state index contributed by atoms with van der Waals surface area (Å²) in [6, 6.07) is 4.97. The predicted octanol–water partition coefficient (Wildman–Crippen LogP) is 3.39. The number of halogens is 2. The van der Waals surface area contributed by atoms with E-state index in [0.717, 1.165) is 4.90 Å². The van der Waals surface area contributed by atoms with E-state index in [1.54, 1.807) is 18.2 Å². The lowest BCUT2D eigenvalue weighted by Gasteiger charge is -2.20. The minimum Gasteiger partial charge on any atom is -0.369 e. The van der Waals surface area contributed by atoms with E-state index in [1.807, 2.05) is 27.0 Å². The van der Waals surface area contributed by atoms with Crippen LogP contribution in [0.4, 0.5) is 5.69 Å². The smallest absolute Gasteiger partial charge is 0.210 e. The van der Waals surface area contributed by atoms with Gasteiger partial charge in [-0.1, -0.05) is 29.3 Å². The summed E-state index contributed by atoms with van der Waals surface area (Å²) in [5.74, 6) is 0.0556. The molecule has 0 aliphatic heterocycles. The number of benzene rings is 1. The second-order valence-corrected chi connectivity index (χ2v) is 5.46. The Hall–Kier alpha value is -1.44. The number of nitrogens with zero attached hydrogens (tertiary/aromatic N) is 3. The van der Waals surface area contributed by atoms with E-state index in [1.165, 1.54) is 0 Å². The first-order valence-corrected chi connectivity index (χ1v) is 6.01. The maximum atomic E-state index is 9.19. The molecule has 0 radical (unpaired) electrons. The van der Waals surface area contributed by atoms with Crippen molar-refractivity contribution in [2.45, 2.75) is 26.3 Å². The van der Waals surface area contributed by atoms with Gasteiger partial charge in [0, 0.05) is 0 Å². The van der Waals surface area contributed by atoms with E-state index in [0.29, 0.717) is 15.7 Å². The molecule has 1 aromatic rings. The molecular formula is C12H14Cl2N4. The van der Waals surface area contributed by atoms with E-state index in [2.05, 4.69) is 4.99 Å². The highest BCUT2D eigenvalue weighted by atomic mass is 35.5. The van der Waals surface area contributed by atoms with Crippen LogP contribution in [0.1, 0.15) is 20.8 Å². The van der Waals surface area contributed by atoms with Gasteiger partial charge in [-0.25, -0.2) is 9.89 Å². The van der Waals surface area contributed by atoms with E-state index < -0.39 is 5.54 Å². The zero-order valence-corrected chi connectivity index (χ0v) is 11.9. The zero-order chi connectivity index (χ0) is 13.9. The monoisotopic (exact) mass is 284 g/mol. The lowest BCUT2D eigenvalue weighted by atomic mass is 10.1. The minimum absolute atomic E-state index is 0.0556. The van der Waals surface area contributed by atoms with Crippen molar-refractivity contribution in [2.24, 2.45) is 10.7 Å². The summed E-state index contributed by atoms with van der Waals surface area (Å²) in [7, 11) is 0. The Morgan fingerprint density at radius 1 is 1.33 bits per heavy atom. The molecule has 2 N–H and O–H groups in total. The molecule has 0 aromatic heterocycles. The van der Waals surface area contributed by atoms with Gasteiger partial charge in [0.25, 0.3) is 0 Å². The van der Waals surface area contributed by atoms with Crippen molar-refractivity contribution < 1.29 is 0 Å². The first-order valence-electron chi connectivity index (χ1n) is 5.25. The van der Waals surface area contributed by atoms with Crippen molar-refractivity contribution in [2.75, 3.05) is 4.90 Å². The Bertz CT molecular complexity index is 492. The highest BCUT2D eigenvalue weighted by molar-refractivity contribution is 6.40. The molecule has 0 aliphatic carbocycles. The third-order valence-corrected chi connectivity index (χ3v) is 2.55. The highest BCUT2D eigenvalue weighted by Gasteiger charge is 2.19. The summed E-state index contributed by atoms with van der Waals surface area (Å²) in [6.07, 6.45) is 1.93. The molecule has 0 spiro atoms. The van der Waals surface area contributed by atoms with Crippen molar-refractivity contribution in [3.05, 3.63) is 28.2 Å². The van der Waals surface area contributed by atoms with Crippen LogP contribution in [0.25, 0.3) is 0 Å². The Labute approximate surface area is 117 Å². The molecule has 4 nitrogen and oxygen atoms in total. The second kappa shape index (κ2) is 5.47. The van der Waals surface area contributed by atoms with Gasteiger partial charge in [-0.3, -0.25) is 0 Å². The van der Waals surface area contributed by atoms with Crippen molar-refractivity contribution in [3.8, 4) is 6.19 Å². The highest BCUT2D eigenvalue weighted by Crippen LogP contribution is 2.33. The van der Waals surface area contributed by atoms with Crippen LogP contribution in [0, 0.1) is 11.5 Å². The van der Waals surface area contributed by atoms with Crippen LogP contribution in [0.3, 0.4) is 0 Å². The average Bonchev–Trinajstić information content (AvgIpc) is 2.20. The first-order chi connectivity index (χ1) is 8.26. The van der Waals surface area contributed by atoms with Crippen LogP contribution in [-0.2, 0) is 0 Å². The third-order valence-electron chi connectivity index (χ3n) is 1.94. The van der Waals surface area contributed by atoms with E-state index in [-0.39, 0.29) is 5.96 Å². The molecule has 96 valence electrons. The zero-order valence-electron chi connectivity index (χ0n) is 10.4. The van der Waals surface area contributed by atoms with E-state index in [4.69, 9.17) is 28.9 Å². The number of rotatable bonds is 1. The maximum absolute atomic E-state index is 9.19. The number of para-hydroxylation sites is 1. The fourth-order valence-electron chi connectivity index (χ4n) is 1.31. The molecule has 0 heterocycles. The average molecular weight is 285 g/mol. The number of guanidine groups is 1. The number of nitriles is 1. The van der Waals surface area contributed by atoms with Gasteiger partial charge in [-0.15, -0.1) is 0 Å². The Balaban J connectivity index is 3.29. The van der Waals surface area contributed by atoms with E-state index in [9.17, 15) is 5.26 Å². The van der Waals surface area contributed by atoms with Crippen molar-refractivity contribution >= 4 is 34.8 Å². The minimum atomic E-state index is -0.396. The van der Waals surface area contributed by atoms with Gasteiger partial charge in [-0.05, 0) is 32.9 Å². The first kappa shape index (κ1) is 14.6. The van der Waals surface area contributed by atoms with Gasteiger partial charge < -0.3 is 5.73 Å². The lowest BCUT2D eigenvalue weighted by molar-refractivity contribution is 0.582. The summed E-state index contributed by atoms with van der Waals surface area (Å²) < 4.78 is 0. The molecule has 6 heteroatoms. The molecule has 18 heavy (non-hydrogen) atoms. The van der Waals surface area contributed by atoms with Gasteiger partial charge >= 0.3 is 0 Å². The van der Waals surface area contributed by atoms with Crippen LogP contribution < -0.4 is 10.6 Å². The Kier molecular flexibility index (Phi) is 4.44. The van der Waals surface area contributed by atoms with Crippen molar-refractivity contribution in [1.82, 2.24) is 0 Å². The fraction of sp³-hybridized carbons (Fsp3) is 0.333. The maximum Gasteiger partial charge on any atom is 0.210 e. The second-order valence-electron chi connectivity index (χ2n) is 4.65. The number of hydrogen-bond donors (Lipinski definition) is 1. The van der Waals surface area contributed by atoms with Crippen LogP contribution in [0.2, 0.25) is 10.0 Å². The molecule has 1 aromatic carbocycles. The normalized spacial score (nSPS) is 12.1. The molecule has 0 bridgehead atoms. The molecule has 0 saturated carbocycles. The van der Waals surface area contributed by atoms with Crippen molar-refractivity contribution in [1.29, 1.82) is 5.26 Å². The number of anilines is 1. The van der Waals surface area contributed by atoms with Gasteiger partial charge in [0.1, 0.15) is 0 Å².